The van der Waals surface area contributed by atoms with Crippen molar-refractivity contribution in [1.29, 1.82) is 0 Å². The highest BCUT2D eigenvalue weighted by Crippen LogP contribution is 2.23. The first-order valence-electron chi connectivity index (χ1n) is 5.17. The molecule has 0 bridgehead atoms. The van der Waals surface area contributed by atoms with Gasteiger partial charge >= 0.3 is 0 Å². The minimum atomic E-state index is 0.340. The fourth-order valence-corrected chi connectivity index (χ4v) is 2.52. The number of hydrogen-bond acceptors (Lipinski definition) is 1. The van der Waals surface area contributed by atoms with Crippen molar-refractivity contribution in [2.45, 2.75) is 31.7 Å². The highest BCUT2D eigenvalue weighted by Gasteiger charge is 2.27. The molecule has 1 fully saturated rings. The topological polar surface area (TPSA) is 12.0 Å². The van der Waals surface area contributed by atoms with Gasteiger partial charge in [-0.3, -0.25) is 0 Å². The summed E-state index contributed by atoms with van der Waals surface area (Å²) in [7, 11) is 0. The third-order valence-electron chi connectivity index (χ3n) is 2.96. The summed E-state index contributed by atoms with van der Waals surface area (Å²) in [6, 6.07) is 8.86. The average Bonchev–Trinajstić information content (AvgIpc) is 2.57. The quantitative estimate of drug-likeness (QED) is 0.828. The standard InChI is InChI=1S/C12H16IN/c1-12(7-2-8-14-12)9-10-3-5-11(13)6-4-10/h3-6,14H,2,7-9H2,1H3. The van der Waals surface area contributed by atoms with E-state index in [9.17, 15) is 0 Å². The van der Waals surface area contributed by atoms with Crippen LogP contribution in [0.2, 0.25) is 0 Å². The van der Waals surface area contributed by atoms with E-state index in [2.05, 4.69) is 59.1 Å². The van der Waals surface area contributed by atoms with Gasteiger partial charge in [0.05, 0.1) is 0 Å². The lowest BCUT2D eigenvalue weighted by Crippen LogP contribution is -2.38. The molecule has 0 radical (unpaired) electrons. The molecule has 1 aromatic carbocycles. The van der Waals surface area contributed by atoms with Gasteiger partial charge in [0.2, 0.25) is 0 Å². The van der Waals surface area contributed by atoms with Gasteiger partial charge in [-0.1, -0.05) is 12.1 Å². The Morgan fingerprint density at radius 3 is 2.64 bits per heavy atom. The molecule has 1 heterocycles. The molecule has 2 rings (SSSR count). The van der Waals surface area contributed by atoms with Crippen molar-refractivity contribution in [3.05, 3.63) is 33.4 Å². The van der Waals surface area contributed by atoms with Gasteiger partial charge in [-0.15, -0.1) is 0 Å². The van der Waals surface area contributed by atoms with Crippen molar-refractivity contribution < 1.29 is 0 Å². The minimum absolute atomic E-state index is 0.340. The van der Waals surface area contributed by atoms with Crippen LogP contribution in [0.3, 0.4) is 0 Å². The maximum absolute atomic E-state index is 3.59. The summed E-state index contributed by atoms with van der Waals surface area (Å²) < 4.78 is 1.32. The fraction of sp³-hybridized carbons (Fsp3) is 0.500. The van der Waals surface area contributed by atoms with Gasteiger partial charge in [0.25, 0.3) is 0 Å². The van der Waals surface area contributed by atoms with Crippen molar-refractivity contribution in [1.82, 2.24) is 5.32 Å². The van der Waals surface area contributed by atoms with Crippen LogP contribution in [-0.2, 0) is 6.42 Å². The van der Waals surface area contributed by atoms with Crippen LogP contribution in [0.4, 0.5) is 0 Å². The summed E-state index contributed by atoms with van der Waals surface area (Å²) in [6.07, 6.45) is 3.78. The maximum Gasteiger partial charge on any atom is 0.0194 e. The molecule has 0 aromatic heterocycles. The second kappa shape index (κ2) is 4.19. The lowest BCUT2D eigenvalue weighted by Gasteiger charge is -2.24. The molecule has 1 nitrogen and oxygen atoms in total. The predicted molar refractivity (Wildman–Crippen MR) is 68.5 cm³/mol. The summed E-state index contributed by atoms with van der Waals surface area (Å²) in [5.74, 6) is 0. The molecule has 76 valence electrons. The normalized spacial score (nSPS) is 26.7. The Kier molecular flexibility index (Phi) is 3.12. The molecule has 2 heteroatoms. The predicted octanol–water partition coefficient (Wildman–Crippen LogP) is 2.98. The summed E-state index contributed by atoms with van der Waals surface area (Å²) in [4.78, 5) is 0. The maximum atomic E-state index is 3.59. The van der Waals surface area contributed by atoms with E-state index in [-0.39, 0.29) is 0 Å². The number of benzene rings is 1. The fourth-order valence-electron chi connectivity index (χ4n) is 2.16. The molecule has 0 aliphatic carbocycles. The Labute approximate surface area is 99.4 Å². The first kappa shape index (κ1) is 10.4. The van der Waals surface area contributed by atoms with E-state index in [1.54, 1.807) is 0 Å². The molecular formula is C12H16IN. The molecular weight excluding hydrogens is 285 g/mol. The van der Waals surface area contributed by atoms with Crippen LogP contribution < -0.4 is 5.32 Å². The molecule has 1 aliphatic heterocycles. The monoisotopic (exact) mass is 301 g/mol. The molecule has 14 heavy (non-hydrogen) atoms. The van der Waals surface area contributed by atoms with Crippen LogP contribution in [0.5, 0.6) is 0 Å². The van der Waals surface area contributed by atoms with Gasteiger partial charge in [-0.05, 0) is 73.0 Å². The zero-order valence-electron chi connectivity index (χ0n) is 8.52. The largest absolute Gasteiger partial charge is 0.311 e. The highest BCUT2D eigenvalue weighted by molar-refractivity contribution is 14.1. The second-order valence-electron chi connectivity index (χ2n) is 4.39. The van der Waals surface area contributed by atoms with Gasteiger partial charge in [0.15, 0.2) is 0 Å². The molecule has 0 amide bonds. The Balaban J connectivity index is 2.06. The van der Waals surface area contributed by atoms with Crippen LogP contribution in [0.1, 0.15) is 25.3 Å². The van der Waals surface area contributed by atoms with Crippen molar-refractivity contribution in [2.24, 2.45) is 0 Å². The zero-order chi connectivity index (χ0) is 10.0. The molecule has 1 atom stereocenters. The van der Waals surface area contributed by atoms with Gasteiger partial charge in [0, 0.05) is 9.11 Å². The van der Waals surface area contributed by atoms with Crippen molar-refractivity contribution >= 4 is 22.6 Å². The van der Waals surface area contributed by atoms with E-state index in [0.29, 0.717) is 5.54 Å². The molecule has 1 unspecified atom stereocenters. The molecule has 1 aliphatic rings. The van der Waals surface area contributed by atoms with Gasteiger partial charge in [-0.2, -0.15) is 0 Å². The van der Waals surface area contributed by atoms with E-state index in [1.807, 2.05) is 0 Å². The van der Waals surface area contributed by atoms with E-state index < -0.39 is 0 Å². The second-order valence-corrected chi connectivity index (χ2v) is 5.64. The Hall–Kier alpha value is -0.0900. The van der Waals surface area contributed by atoms with Crippen molar-refractivity contribution in [3.8, 4) is 0 Å². The van der Waals surface area contributed by atoms with Crippen LogP contribution in [-0.4, -0.2) is 12.1 Å². The average molecular weight is 301 g/mol. The van der Waals surface area contributed by atoms with E-state index in [4.69, 9.17) is 0 Å². The first-order valence-corrected chi connectivity index (χ1v) is 6.25. The highest BCUT2D eigenvalue weighted by atomic mass is 127. The van der Waals surface area contributed by atoms with Crippen molar-refractivity contribution in [2.75, 3.05) is 6.54 Å². The Bertz CT molecular complexity index is 299. The molecule has 0 spiro atoms. The van der Waals surface area contributed by atoms with Gasteiger partial charge in [-0.25, -0.2) is 0 Å². The third-order valence-corrected chi connectivity index (χ3v) is 3.68. The Morgan fingerprint density at radius 2 is 2.07 bits per heavy atom. The van der Waals surface area contributed by atoms with E-state index >= 15 is 0 Å². The number of halogens is 1. The summed E-state index contributed by atoms with van der Waals surface area (Å²) in [6.45, 7) is 3.51. The molecule has 1 aromatic rings. The SMILES string of the molecule is CC1(Cc2ccc(I)cc2)CCCN1. The van der Waals surface area contributed by atoms with Crippen LogP contribution in [0.25, 0.3) is 0 Å². The van der Waals surface area contributed by atoms with Crippen LogP contribution >= 0.6 is 22.6 Å². The molecule has 1 N–H and O–H groups in total. The number of hydrogen-bond donors (Lipinski definition) is 1. The summed E-state index contributed by atoms with van der Waals surface area (Å²) in [5, 5.41) is 3.59. The van der Waals surface area contributed by atoms with Gasteiger partial charge < -0.3 is 5.32 Å². The summed E-state index contributed by atoms with van der Waals surface area (Å²) in [5.41, 5.74) is 1.79. The van der Waals surface area contributed by atoms with Crippen molar-refractivity contribution in [3.63, 3.8) is 0 Å². The lowest BCUT2D eigenvalue weighted by atomic mass is 9.91. The summed E-state index contributed by atoms with van der Waals surface area (Å²) >= 11 is 2.35. The zero-order valence-corrected chi connectivity index (χ0v) is 10.7. The number of rotatable bonds is 2. The van der Waals surface area contributed by atoms with Crippen LogP contribution in [0, 0.1) is 3.57 Å². The Morgan fingerprint density at radius 1 is 1.36 bits per heavy atom. The smallest absolute Gasteiger partial charge is 0.0194 e. The van der Waals surface area contributed by atoms with E-state index in [1.165, 1.54) is 28.5 Å². The van der Waals surface area contributed by atoms with Gasteiger partial charge in [0.1, 0.15) is 0 Å². The van der Waals surface area contributed by atoms with E-state index in [0.717, 1.165) is 6.42 Å². The lowest BCUT2D eigenvalue weighted by molar-refractivity contribution is 0.412. The molecule has 0 saturated carbocycles. The third kappa shape index (κ3) is 2.48. The van der Waals surface area contributed by atoms with Crippen LogP contribution in [0.15, 0.2) is 24.3 Å². The number of nitrogens with one attached hydrogen (secondary N) is 1. The first-order chi connectivity index (χ1) is 6.68. The molecule has 1 saturated heterocycles. The minimum Gasteiger partial charge on any atom is -0.311 e.